The van der Waals surface area contributed by atoms with Gasteiger partial charge in [0.25, 0.3) is 0 Å². The summed E-state index contributed by atoms with van der Waals surface area (Å²) in [6.07, 6.45) is 2.80. The third kappa shape index (κ3) is 37.8. The minimum atomic E-state index is -3.33. The van der Waals surface area contributed by atoms with Gasteiger partial charge in [0.05, 0.1) is 5.97 Å². The van der Waals surface area contributed by atoms with Crippen LogP contribution in [0.15, 0.2) is 72.9 Å². The summed E-state index contributed by atoms with van der Waals surface area (Å²) in [5.41, 5.74) is 0.317. The predicted octanol–water partition coefficient (Wildman–Crippen LogP) is 8.88. The topological polar surface area (TPSA) is 244 Å². The number of carboxylic acids is 2. The fourth-order valence-corrected chi connectivity index (χ4v) is 30.6. The third-order valence-corrected chi connectivity index (χ3v) is 30.6. The van der Waals surface area contributed by atoms with Crippen molar-refractivity contribution in [1.82, 2.24) is 10.6 Å². The Labute approximate surface area is 499 Å². The van der Waals surface area contributed by atoms with Crippen LogP contribution in [0.25, 0.3) is 0 Å². The van der Waals surface area contributed by atoms with Gasteiger partial charge in [0.15, 0.2) is 0 Å². The SMILES string of the molecule is C.C.C.C.C.C.C.C.C=C(CNC(CC)[Si](C)(O[Si](C)(C)OC(=O)C(=C)CC)O[Si](C)(C)OC(=O)C(=C)CC)C(=O)O.C=C(CNC(CC)[Si](C)(O[Si](C)(C)OC(=O)C(=C)CC)O[Si](C)(C)OC(=O)C(=C)CC)C(=O)[O-].[Na+]. The summed E-state index contributed by atoms with van der Waals surface area (Å²) in [6.45, 7) is 50.2. The molecule has 0 fully saturated rings. The molecule has 18 nitrogen and oxygen atoms in total. The number of carboxylic acid groups (broad SMARTS) is 2. The molecule has 0 rings (SSSR count). The van der Waals surface area contributed by atoms with Gasteiger partial charge in [-0.2, -0.15) is 0 Å². The van der Waals surface area contributed by atoms with Gasteiger partial charge in [-0.1, -0.05) is 140 Å². The van der Waals surface area contributed by atoms with Crippen molar-refractivity contribution in [3.05, 3.63) is 72.9 Å². The minimum absolute atomic E-state index is 0. The Morgan fingerprint density at radius 2 is 0.610 bits per heavy atom. The number of hydrogen-bond acceptors (Lipinski definition) is 17. The summed E-state index contributed by atoms with van der Waals surface area (Å²) in [4.78, 5) is 71.9. The summed E-state index contributed by atoms with van der Waals surface area (Å²) in [6, 6.07) is 0. The van der Waals surface area contributed by atoms with E-state index < -0.39 is 98.5 Å². The fourth-order valence-electron chi connectivity index (χ4n) is 6.16. The molecule has 0 radical (unpaired) electrons. The quantitative estimate of drug-likeness (QED) is 0.0420. The summed E-state index contributed by atoms with van der Waals surface area (Å²) < 4.78 is 48.7. The standard InChI is InChI=1S/2C22H41NO8Si3.8CH4.Na/c2*1-12-16(4)21(26)28-32(7,8)30-34(11,19(14-3)23-15-18(6)20(24)25)31-33(9,10)29-22(27)17(5)13-2;;;;;;;;;/h2*19,23H,4-6,12-15H2,1-3,7-11H3,(H,24,25);8*1H4;/q;;;;;;;;;;+1/p-1. The third-order valence-electron chi connectivity index (χ3n) is 9.81. The van der Waals surface area contributed by atoms with Crippen LogP contribution in [0.3, 0.4) is 0 Å². The number of aliphatic carboxylic acids is 2. The maximum absolute atomic E-state index is 12.4. The van der Waals surface area contributed by atoms with Crippen molar-refractivity contribution < 1.29 is 103 Å². The Balaban J connectivity index is -0.000000113. The predicted molar refractivity (Wildman–Crippen MR) is 329 cm³/mol. The normalized spacial score (nSPS) is 11.5. The Hall–Kier alpha value is -2.68. The molecule has 0 heterocycles. The van der Waals surface area contributed by atoms with Crippen LogP contribution in [-0.2, 0) is 62.9 Å². The van der Waals surface area contributed by atoms with Crippen LogP contribution in [0.4, 0.5) is 0 Å². The molecule has 0 saturated heterocycles. The number of nitrogens with one attached hydrogen (secondary N) is 2. The van der Waals surface area contributed by atoms with Gasteiger partial charge >= 0.3 is 111 Å². The molecule has 2 unspecified atom stereocenters. The second-order valence-corrected chi connectivity index (χ2v) is 38.6. The molecule has 25 heteroatoms. The van der Waals surface area contributed by atoms with Crippen molar-refractivity contribution in [1.29, 1.82) is 0 Å². The molecular weight excluding hydrogens is 1100 g/mol. The van der Waals surface area contributed by atoms with Crippen LogP contribution >= 0.6 is 0 Å². The summed E-state index contributed by atoms with van der Waals surface area (Å²) in [5, 5.41) is 26.6. The maximum atomic E-state index is 12.4. The van der Waals surface area contributed by atoms with Gasteiger partial charge in [-0.3, -0.25) is 0 Å². The molecule has 77 heavy (non-hydrogen) atoms. The van der Waals surface area contributed by atoms with E-state index >= 15 is 0 Å². The fraction of sp³-hybridized carbons (Fsp3) is 0.654. The van der Waals surface area contributed by atoms with Crippen LogP contribution < -0.4 is 45.3 Å². The Morgan fingerprint density at radius 1 is 0.416 bits per heavy atom. The molecule has 0 aliphatic heterocycles. The average molecular weight is 1210 g/mol. The van der Waals surface area contributed by atoms with Crippen molar-refractivity contribution in [3.63, 3.8) is 0 Å². The second-order valence-electron chi connectivity index (χ2n) is 17.9. The van der Waals surface area contributed by atoms with Gasteiger partial charge < -0.3 is 59.8 Å². The molecule has 2 atom stereocenters. The Bertz CT molecular complexity index is 1680. The molecule has 0 aromatic heterocycles. The van der Waals surface area contributed by atoms with E-state index in [0.29, 0.717) is 60.8 Å². The largest absolute Gasteiger partial charge is 1.00 e. The van der Waals surface area contributed by atoms with Crippen LogP contribution in [-0.4, -0.2) is 117 Å². The molecule has 0 aliphatic rings. The van der Waals surface area contributed by atoms with Crippen molar-refractivity contribution in [3.8, 4) is 0 Å². The second kappa shape index (κ2) is 44.0. The van der Waals surface area contributed by atoms with E-state index in [9.17, 15) is 39.0 Å². The molecule has 0 amide bonds. The molecule has 0 spiro atoms. The molecule has 452 valence electrons. The first-order chi connectivity index (χ1) is 30.9. The molecule has 0 saturated carbocycles. The first-order valence-electron chi connectivity index (χ1n) is 22.6. The van der Waals surface area contributed by atoms with Gasteiger partial charge in [-0.05, 0) is 110 Å². The number of carbonyl (C=O) groups is 6. The Kier molecular flexibility index (Phi) is 57.0. The van der Waals surface area contributed by atoms with E-state index in [4.69, 9.17) is 34.2 Å². The van der Waals surface area contributed by atoms with Crippen molar-refractivity contribution in [2.75, 3.05) is 13.1 Å². The Morgan fingerprint density at radius 3 is 0.766 bits per heavy atom. The molecular formula is C52H113N2NaO16Si6. The molecule has 3 N–H and O–H groups in total. The van der Waals surface area contributed by atoms with Crippen molar-refractivity contribution in [2.24, 2.45) is 0 Å². The van der Waals surface area contributed by atoms with E-state index in [1.807, 2.05) is 13.8 Å². The molecule has 0 aromatic rings. The molecule has 0 bridgehead atoms. The maximum Gasteiger partial charge on any atom is 1.00 e. The van der Waals surface area contributed by atoms with Crippen molar-refractivity contribution >= 4 is 87.2 Å². The number of carbonyl (C=O) groups excluding carboxylic acids is 5. The molecule has 0 aliphatic carbocycles. The van der Waals surface area contributed by atoms with E-state index in [-0.39, 0.29) is 113 Å². The summed E-state index contributed by atoms with van der Waals surface area (Å²) >= 11 is 0. The number of rotatable bonds is 32. The van der Waals surface area contributed by atoms with E-state index in [2.05, 4.69) is 50.1 Å². The number of hydrogen-bond donors (Lipinski definition) is 3. The van der Waals surface area contributed by atoms with Gasteiger partial charge in [0.1, 0.15) is 0 Å². The molecule has 0 aromatic carbocycles. The average Bonchev–Trinajstić information content (AvgIpc) is 3.20. The monoisotopic (exact) mass is 1210 g/mol. The van der Waals surface area contributed by atoms with Crippen LogP contribution in [0, 0.1) is 0 Å². The van der Waals surface area contributed by atoms with E-state index in [0.717, 1.165) is 0 Å². The van der Waals surface area contributed by atoms with E-state index in [1.165, 1.54) is 0 Å². The zero-order chi connectivity index (χ0) is 53.8. The zero-order valence-electron chi connectivity index (χ0n) is 44.6. The smallest absolute Gasteiger partial charge is 0.545 e. The zero-order valence-corrected chi connectivity index (χ0v) is 52.6. The van der Waals surface area contributed by atoms with Crippen LogP contribution in [0.1, 0.15) is 139 Å². The summed E-state index contributed by atoms with van der Waals surface area (Å²) in [5.74, 6) is -4.61. The summed E-state index contributed by atoms with van der Waals surface area (Å²) in [7, 11) is -19.0. The van der Waals surface area contributed by atoms with E-state index in [1.54, 1.807) is 93.2 Å². The van der Waals surface area contributed by atoms with Gasteiger partial charge in [0.2, 0.25) is 0 Å². The van der Waals surface area contributed by atoms with Gasteiger partial charge in [0, 0.05) is 52.3 Å². The van der Waals surface area contributed by atoms with Crippen LogP contribution in [0.5, 0.6) is 0 Å². The first-order valence-corrected chi connectivity index (χ1v) is 38.6. The first kappa shape index (κ1) is 99.6. The van der Waals surface area contributed by atoms with Crippen LogP contribution in [0.2, 0.25) is 65.5 Å². The van der Waals surface area contributed by atoms with Gasteiger partial charge in [-0.25, -0.2) is 24.0 Å². The minimum Gasteiger partial charge on any atom is -0.545 e. The van der Waals surface area contributed by atoms with Gasteiger partial charge in [-0.15, -0.1) is 0 Å². The van der Waals surface area contributed by atoms with Crippen molar-refractivity contribution in [2.45, 2.75) is 216 Å².